The first kappa shape index (κ1) is 20.4. The van der Waals surface area contributed by atoms with Crippen molar-refractivity contribution in [2.75, 3.05) is 6.61 Å². The molecule has 2 aromatic carbocycles. The molecule has 0 radical (unpaired) electrons. The number of fused-ring (bicyclic) bond motifs is 2. The molecule has 2 heterocycles. The monoisotopic (exact) mass is 516 g/mol. The van der Waals surface area contributed by atoms with Crippen molar-refractivity contribution in [1.82, 2.24) is 4.57 Å². The van der Waals surface area contributed by atoms with Crippen LogP contribution in [0.4, 0.5) is 0 Å². The molecule has 1 aliphatic carbocycles. The highest BCUT2D eigenvalue weighted by Crippen LogP contribution is 2.40. The van der Waals surface area contributed by atoms with Gasteiger partial charge in [-0.15, -0.1) is 0 Å². The van der Waals surface area contributed by atoms with Gasteiger partial charge in [0, 0.05) is 28.9 Å². The van der Waals surface area contributed by atoms with Gasteiger partial charge in [-0.05, 0) is 42.2 Å². The Labute approximate surface area is 189 Å². The first-order chi connectivity index (χ1) is 13.6. The van der Waals surface area contributed by atoms with E-state index in [1.165, 1.54) is 16.7 Å². The van der Waals surface area contributed by atoms with Crippen molar-refractivity contribution >= 4 is 21.7 Å². The summed E-state index contributed by atoms with van der Waals surface area (Å²) in [5, 5.41) is 0. The molecule has 1 aromatic heterocycles. The number of aromatic nitrogens is 2. The molecule has 6 heteroatoms. The van der Waals surface area contributed by atoms with E-state index >= 15 is 0 Å². The molecule has 5 rings (SSSR count). The van der Waals surface area contributed by atoms with Crippen LogP contribution in [0.15, 0.2) is 53.3 Å². The largest absolute Gasteiger partial charge is 1.00 e. The third kappa shape index (κ3) is 3.68. The molecule has 3 aromatic rings. The number of hydrogen-bond acceptors (Lipinski definition) is 2. The first-order valence-electron chi connectivity index (χ1n) is 9.74. The molecule has 4 nitrogen and oxygen atoms in total. The molecule has 0 fully saturated rings. The number of nitrogens with zero attached hydrogens (tertiary/aromatic N) is 2. The molecule has 1 atom stereocenters. The Hall–Kier alpha value is -1.92. The van der Waals surface area contributed by atoms with Crippen LogP contribution in [0.3, 0.4) is 0 Å². The van der Waals surface area contributed by atoms with Crippen LogP contribution in [0.1, 0.15) is 45.3 Å². The zero-order chi connectivity index (χ0) is 19.3. The maximum atomic E-state index is 12.7. The summed E-state index contributed by atoms with van der Waals surface area (Å²) in [4.78, 5) is 12.7. The maximum Gasteiger partial charge on any atom is 0.254 e. The number of hydrogen-bond donors (Lipinski definition) is 0. The van der Waals surface area contributed by atoms with E-state index in [9.17, 15) is 4.79 Å². The van der Waals surface area contributed by atoms with Crippen LogP contribution >= 0.6 is 15.9 Å². The van der Waals surface area contributed by atoms with E-state index < -0.39 is 0 Å². The summed E-state index contributed by atoms with van der Waals surface area (Å²) < 4.78 is 11.1. The van der Waals surface area contributed by atoms with E-state index in [4.69, 9.17) is 4.74 Å². The molecule has 0 spiro atoms. The van der Waals surface area contributed by atoms with Crippen molar-refractivity contribution in [3.63, 3.8) is 0 Å². The minimum Gasteiger partial charge on any atom is -1.00 e. The van der Waals surface area contributed by atoms with Crippen molar-refractivity contribution in [3.8, 4) is 5.75 Å². The van der Waals surface area contributed by atoms with Gasteiger partial charge in [0.1, 0.15) is 24.2 Å². The number of benzene rings is 2. The number of ketones is 1. The smallest absolute Gasteiger partial charge is 0.254 e. The fourth-order valence-electron chi connectivity index (χ4n) is 4.45. The van der Waals surface area contributed by atoms with Gasteiger partial charge < -0.3 is 21.7 Å². The van der Waals surface area contributed by atoms with Crippen LogP contribution in [0.2, 0.25) is 0 Å². The van der Waals surface area contributed by atoms with Crippen molar-refractivity contribution in [2.24, 2.45) is 0 Å². The first-order valence-corrected chi connectivity index (χ1v) is 10.5. The van der Waals surface area contributed by atoms with Crippen molar-refractivity contribution < 1.29 is 31.1 Å². The Morgan fingerprint density at radius 3 is 2.79 bits per heavy atom. The van der Waals surface area contributed by atoms with Gasteiger partial charge in [-0.1, -0.05) is 34.1 Å². The highest BCUT2D eigenvalue weighted by atomic mass is 79.9. The van der Waals surface area contributed by atoms with E-state index in [0.29, 0.717) is 12.6 Å². The zero-order valence-electron chi connectivity index (χ0n) is 16.2. The number of carbonyl (C=O) groups excluding carboxylic acids is 1. The fourth-order valence-corrected chi connectivity index (χ4v) is 4.71. The zero-order valence-corrected chi connectivity index (χ0v) is 19.4. The normalized spacial score (nSPS) is 16.7. The standard InChI is InChI=1S/C23H22BrN2O2.BrH/c1-15-25(14-22(27)16-2-5-19(24)6-3-16)9-10-26(15)21-7-4-17-12-18-8-11-28-23(18)13-20(17)21;/h2-3,5-6,9-10,12-13,21H,4,7-8,11,14H2,1H3;1H/q+1;/p-1. The van der Waals surface area contributed by atoms with Gasteiger partial charge in [0.05, 0.1) is 6.61 Å². The van der Waals surface area contributed by atoms with Crippen LogP contribution in [0, 0.1) is 6.92 Å². The molecule has 0 saturated heterocycles. The number of ether oxygens (including phenoxy) is 1. The maximum absolute atomic E-state index is 12.7. The molecule has 2 aliphatic rings. The molecule has 1 unspecified atom stereocenters. The van der Waals surface area contributed by atoms with Crippen LogP contribution in [0.25, 0.3) is 0 Å². The second-order valence-electron chi connectivity index (χ2n) is 7.62. The second-order valence-corrected chi connectivity index (χ2v) is 8.54. The third-order valence-corrected chi connectivity index (χ3v) is 6.54. The number of Topliss-reactive ketones (excluding diaryl/α,β-unsaturated/α-hetero) is 1. The molecular weight excluding hydrogens is 496 g/mol. The topological polar surface area (TPSA) is 35.1 Å². The van der Waals surface area contributed by atoms with Gasteiger partial charge in [-0.25, -0.2) is 9.13 Å². The highest BCUT2D eigenvalue weighted by Gasteiger charge is 2.32. The summed E-state index contributed by atoms with van der Waals surface area (Å²) in [6.07, 6.45) is 7.34. The van der Waals surface area contributed by atoms with Crippen LogP contribution in [-0.2, 0) is 19.4 Å². The van der Waals surface area contributed by atoms with Crippen LogP contribution in [0.5, 0.6) is 5.75 Å². The third-order valence-electron chi connectivity index (χ3n) is 6.01. The molecule has 0 N–H and O–H groups in total. The van der Waals surface area contributed by atoms with Gasteiger partial charge in [0.25, 0.3) is 5.82 Å². The number of rotatable bonds is 4. The Kier molecular flexibility index (Phi) is 5.67. The summed E-state index contributed by atoms with van der Waals surface area (Å²) in [6, 6.07) is 12.4. The lowest BCUT2D eigenvalue weighted by Crippen LogP contribution is -3.00. The van der Waals surface area contributed by atoms with Gasteiger partial charge in [-0.2, -0.15) is 0 Å². The summed E-state index contributed by atoms with van der Waals surface area (Å²) in [6.45, 7) is 3.24. The predicted molar refractivity (Wildman–Crippen MR) is 110 cm³/mol. The number of aryl methyl sites for hydroxylation is 1. The van der Waals surface area contributed by atoms with Gasteiger partial charge in [0.2, 0.25) is 5.78 Å². The minimum absolute atomic E-state index is 0. The number of imidazole rings is 1. The molecular formula is C23H22Br2N2O2. The van der Waals surface area contributed by atoms with Crippen molar-refractivity contribution in [1.29, 1.82) is 0 Å². The number of halogens is 2. The van der Waals surface area contributed by atoms with Gasteiger partial charge in [-0.3, -0.25) is 4.79 Å². The summed E-state index contributed by atoms with van der Waals surface area (Å²) in [5.41, 5.74) is 4.89. The second kappa shape index (κ2) is 8.07. The Bertz CT molecular complexity index is 1070. The summed E-state index contributed by atoms with van der Waals surface area (Å²) >= 11 is 3.42. The summed E-state index contributed by atoms with van der Waals surface area (Å²) in [7, 11) is 0. The average molecular weight is 518 g/mol. The number of carbonyl (C=O) groups is 1. The lowest BCUT2D eigenvalue weighted by Gasteiger charge is -2.11. The molecule has 150 valence electrons. The van der Waals surface area contributed by atoms with Crippen LogP contribution in [-0.4, -0.2) is 17.0 Å². The van der Waals surface area contributed by atoms with Crippen molar-refractivity contribution in [3.05, 3.63) is 81.3 Å². The van der Waals surface area contributed by atoms with E-state index in [-0.39, 0.29) is 22.8 Å². The molecule has 0 amide bonds. The predicted octanol–water partition coefficient (Wildman–Crippen LogP) is 1.20. The summed E-state index contributed by atoms with van der Waals surface area (Å²) in [5.74, 6) is 2.27. The van der Waals surface area contributed by atoms with E-state index in [1.54, 1.807) is 0 Å². The highest BCUT2D eigenvalue weighted by molar-refractivity contribution is 9.10. The average Bonchev–Trinajstić information content (AvgIpc) is 3.40. The molecule has 1 aliphatic heterocycles. The SMILES string of the molecule is Cc1n(C2CCc3cc4c(cc32)OCC4)cc[n+]1CC(=O)c1ccc(Br)cc1.[Br-]. The fraction of sp³-hybridized carbons (Fsp3) is 0.304. The van der Waals surface area contributed by atoms with E-state index in [0.717, 1.165) is 47.5 Å². The van der Waals surface area contributed by atoms with E-state index in [1.807, 2.05) is 35.0 Å². The van der Waals surface area contributed by atoms with Crippen molar-refractivity contribution in [2.45, 2.75) is 38.8 Å². The Morgan fingerprint density at radius 2 is 2.00 bits per heavy atom. The molecule has 29 heavy (non-hydrogen) atoms. The quantitative estimate of drug-likeness (QED) is 0.385. The van der Waals surface area contributed by atoms with Crippen LogP contribution < -0.4 is 26.3 Å². The molecule has 0 saturated carbocycles. The van der Waals surface area contributed by atoms with Gasteiger partial charge >= 0.3 is 0 Å². The minimum atomic E-state index is 0. The molecule has 0 bridgehead atoms. The lowest BCUT2D eigenvalue weighted by molar-refractivity contribution is -0.688. The van der Waals surface area contributed by atoms with E-state index in [2.05, 4.69) is 45.8 Å². The Morgan fingerprint density at radius 1 is 1.21 bits per heavy atom. The lowest BCUT2D eigenvalue weighted by atomic mass is 10.0. The van der Waals surface area contributed by atoms with Gasteiger partial charge in [0.15, 0.2) is 6.54 Å². The Balaban J connectivity index is 0.00000205.